The molecule has 1 aliphatic heterocycles. The van der Waals surface area contributed by atoms with Crippen LogP contribution in [0.15, 0.2) is 18.2 Å². The summed E-state index contributed by atoms with van der Waals surface area (Å²) >= 11 is 0. The summed E-state index contributed by atoms with van der Waals surface area (Å²) in [5.74, 6) is 0. The Morgan fingerprint density at radius 2 is 2.20 bits per heavy atom. The van der Waals surface area contributed by atoms with Gasteiger partial charge in [-0.1, -0.05) is 23.8 Å². The molecule has 0 amide bonds. The van der Waals surface area contributed by atoms with Gasteiger partial charge in [0.1, 0.15) is 0 Å². The van der Waals surface area contributed by atoms with Crippen molar-refractivity contribution in [3.05, 3.63) is 34.9 Å². The first-order valence-corrected chi connectivity index (χ1v) is 7.78. The Kier molecular flexibility index (Phi) is 5.58. The Morgan fingerprint density at radius 1 is 1.40 bits per heavy atom. The van der Waals surface area contributed by atoms with Crippen molar-refractivity contribution < 1.29 is 4.74 Å². The first-order chi connectivity index (χ1) is 9.65. The molecule has 2 rings (SSSR count). The number of aryl methyl sites for hydroxylation is 2. The van der Waals surface area contributed by atoms with Crippen molar-refractivity contribution >= 4 is 0 Å². The first kappa shape index (κ1) is 15.5. The molecule has 3 nitrogen and oxygen atoms in total. The highest BCUT2D eigenvalue weighted by atomic mass is 16.5. The molecule has 0 saturated carbocycles. The van der Waals surface area contributed by atoms with Gasteiger partial charge in [0.15, 0.2) is 0 Å². The third kappa shape index (κ3) is 3.60. The fraction of sp³-hybridized carbons (Fsp3) is 0.647. The molecule has 0 aromatic heterocycles. The fourth-order valence-corrected chi connectivity index (χ4v) is 3.29. The second kappa shape index (κ2) is 7.21. The van der Waals surface area contributed by atoms with Crippen LogP contribution in [0.2, 0.25) is 0 Å². The van der Waals surface area contributed by atoms with E-state index in [9.17, 15) is 0 Å². The second-order valence-corrected chi connectivity index (χ2v) is 5.83. The number of ether oxygens (including phenoxy) is 1. The minimum absolute atomic E-state index is 0.318. The Bertz CT molecular complexity index is 431. The van der Waals surface area contributed by atoms with Crippen LogP contribution in [0.1, 0.15) is 42.5 Å². The predicted molar refractivity (Wildman–Crippen MR) is 83.9 cm³/mol. The molecule has 0 bridgehead atoms. The molecular weight excluding hydrogens is 248 g/mol. The molecule has 0 spiro atoms. The van der Waals surface area contributed by atoms with Crippen molar-refractivity contribution in [2.24, 2.45) is 5.73 Å². The molecular formula is C17H28N2O. The molecule has 3 heteroatoms. The Labute approximate surface area is 123 Å². The molecule has 20 heavy (non-hydrogen) atoms. The highest BCUT2D eigenvalue weighted by molar-refractivity contribution is 5.33. The van der Waals surface area contributed by atoms with Crippen molar-refractivity contribution in [1.82, 2.24) is 4.90 Å². The van der Waals surface area contributed by atoms with E-state index >= 15 is 0 Å². The standard InChI is InChI=1S/C17H28N2O/c1-4-20-15-6-5-9-19(12-15)17(11-18)16-8-7-13(2)10-14(16)3/h7-8,10,15,17H,4-6,9,11-12,18H2,1-3H3. The lowest BCUT2D eigenvalue weighted by molar-refractivity contribution is -0.00667. The number of rotatable bonds is 5. The van der Waals surface area contributed by atoms with Gasteiger partial charge in [-0.25, -0.2) is 0 Å². The van der Waals surface area contributed by atoms with Gasteiger partial charge in [-0.05, 0) is 51.3 Å². The molecule has 1 saturated heterocycles. The summed E-state index contributed by atoms with van der Waals surface area (Å²) in [6.45, 7) is 10.00. The van der Waals surface area contributed by atoms with Crippen molar-refractivity contribution in [3.8, 4) is 0 Å². The Balaban J connectivity index is 2.14. The maximum Gasteiger partial charge on any atom is 0.0702 e. The van der Waals surface area contributed by atoms with Gasteiger partial charge in [0.2, 0.25) is 0 Å². The predicted octanol–water partition coefficient (Wildman–Crippen LogP) is 2.80. The van der Waals surface area contributed by atoms with Crippen LogP contribution in [0.3, 0.4) is 0 Å². The van der Waals surface area contributed by atoms with Crippen molar-refractivity contribution in [2.75, 3.05) is 26.2 Å². The average molecular weight is 276 g/mol. The average Bonchev–Trinajstić information content (AvgIpc) is 2.43. The van der Waals surface area contributed by atoms with E-state index in [0.717, 1.165) is 19.7 Å². The van der Waals surface area contributed by atoms with Crippen LogP contribution >= 0.6 is 0 Å². The Morgan fingerprint density at radius 3 is 2.85 bits per heavy atom. The largest absolute Gasteiger partial charge is 0.377 e. The van der Waals surface area contributed by atoms with Gasteiger partial charge in [0.25, 0.3) is 0 Å². The van der Waals surface area contributed by atoms with Gasteiger partial charge in [-0.2, -0.15) is 0 Å². The van der Waals surface area contributed by atoms with Crippen molar-refractivity contribution in [3.63, 3.8) is 0 Å². The SMILES string of the molecule is CCOC1CCCN(C(CN)c2ccc(C)cc2C)C1. The molecule has 112 valence electrons. The van der Waals surface area contributed by atoms with E-state index in [1.807, 2.05) is 0 Å². The monoisotopic (exact) mass is 276 g/mol. The lowest BCUT2D eigenvalue weighted by atomic mass is 9.96. The zero-order valence-corrected chi connectivity index (χ0v) is 13.1. The van der Waals surface area contributed by atoms with Crippen LogP contribution in [0, 0.1) is 13.8 Å². The number of piperidine rings is 1. The molecule has 0 aliphatic carbocycles. The fourth-order valence-electron chi connectivity index (χ4n) is 3.29. The van der Waals surface area contributed by atoms with Crippen LogP contribution in [-0.4, -0.2) is 37.2 Å². The number of nitrogens with zero attached hydrogens (tertiary/aromatic N) is 1. The summed E-state index contributed by atoms with van der Waals surface area (Å²) < 4.78 is 5.81. The van der Waals surface area contributed by atoms with Crippen LogP contribution in [-0.2, 0) is 4.74 Å². The van der Waals surface area contributed by atoms with E-state index in [-0.39, 0.29) is 0 Å². The third-order valence-corrected chi connectivity index (χ3v) is 4.26. The van der Waals surface area contributed by atoms with Crippen LogP contribution in [0.25, 0.3) is 0 Å². The number of nitrogens with two attached hydrogens (primary N) is 1. The molecule has 1 fully saturated rings. The zero-order valence-electron chi connectivity index (χ0n) is 13.1. The highest BCUT2D eigenvalue weighted by Gasteiger charge is 2.27. The summed E-state index contributed by atoms with van der Waals surface area (Å²) in [6, 6.07) is 7.00. The summed E-state index contributed by atoms with van der Waals surface area (Å²) in [5, 5.41) is 0. The van der Waals surface area contributed by atoms with Crippen LogP contribution < -0.4 is 5.73 Å². The van der Waals surface area contributed by atoms with Gasteiger partial charge in [-0.15, -0.1) is 0 Å². The number of benzene rings is 1. The molecule has 2 N–H and O–H groups in total. The van der Waals surface area contributed by atoms with E-state index in [2.05, 4.69) is 43.9 Å². The topological polar surface area (TPSA) is 38.5 Å². The van der Waals surface area contributed by atoms with E-state index in [1.165, 1.54) is 29.5 Å². The summed E-state index contributed by atoms with van der Waals surface area (Å²) in [4.78, 5) is 2.50. The summed E-state index contributed by atoms with van der Waals surface area (Å²) in [5.41, 5.74) is 10.1. The maximum absolute atomic E-state index is 6.08. The molecule has 2 atom stereocenters. The molecule has 1 heterocycles. The normalized spacial score (nSPS) is 21.9. The zero-order chi connectivity index (χ0) is 14.5. The maximum atomic E-state index is 6.08. The quantitative estimate of drug-likeness (QED) is 0.898. The molecule has 1 aromatic rings. The first-order valence-electron chi connectivity index (χ1n) is 7.78. The van der Waals surface area contributed by atoms with E-state index in [4.69, 9.17) is 10.5 Å². The third-order valence-electron chi connectivity index (χ3n) is 4.26. The number of hydrogen-bond donors (Lipinski definition) is 1. The minimum atomic E-state index is 0.318. The van der Waals surface area contributed by atoms with Crippen LogP contribution in [0.5, 0.6) is 0 Å². The summed E-state index contributed by atoms with van der Waals surface area (Å²) in [7, 11) is 0. The van der Waals surface area contributed by atoms with Gasteiger partial charge < -0.3 is 10.5 Å². The number of likely N-dealkylation sites (tertiary alicyclic amines) is 1. The molecule has 2 unspecified atom stereocenters. The molecule has 0 radical (unpaired) electrons. The smallest absolute Gasteiger partial charge is 0.0702 e. The minimum Gasteiger partial charge on any atom is -0.377 e. The van der Waals surface area contributed by atoms with Gasteiger partial charge >= 0.3 is 0 Å². The van der Waals surface area contributed by atoms with E-state index in [1.54, 1.807) is 0 Å². The highest BCUT2D eigenvalue weighted by Crippen LogP contribution is 2.27. The van der Waals surface area contributed by atoms with Crippen LogP contribution in [0.4, 0.5) is 0 Å². The molecule has 1 aromatic carbocycles. The van der Waals surface area contributed by atoms with Gasteiger partial charge in [0, 0.05) is 25.7 Å². The Hall–Kier alpha value is -0.900. The van der Waals surface area contributed by atoms with Crippen molar-refractivity contribution in [1.29, 1.82) is 0 Å². The lowest BCUT2D eigenvalue weighted by Crippen LogP contribution is -2.44. The van der Waals surface area contributed by atoms with Gasteiger partial charge in [-0.3, -0.25) is 4.90 Å². The second-order valence-electron chi connectivity index (χ2n) is 5.83. The number of hydrogen-bond acceptors (Lipinski definition) is 3. The van der Waals surface area contributed by atoms with E-state index in [0.29, 0.717) is 18.7 Å². The molecule has 1 aliphatic rings. The van der Waals surface area contributed by atoms with Gasteiger partial charge in [0.05, 0.1) is 6.10 Å². The van der Waals surface area contributed by atoms with Crippen molar-refractivity contribution in [2.45, 2.75) is 45.8 Å². The summed E-state index contributed by atoms with van der Waals surface area (Å²) in [6.07, 6.45) is 2.74. The van der Waals surface area contributed by atoms with E-state index < -0.39 is 0 Å². The lowest BCUT2D eigenvalue weighted by Gasteiger charge is -2.38.